The number of nitrogens with zero attached hydrogens (tertiary/aromatic N) is 3. The molecule has 1 atom stereocenters. The van der Waals surface area contributed by atoms with Gasteiger partial charge in [-0.25, -0.2) is 9.78 Å². The molecule has 1 heterocycles. The van der Waals surface area contributed by atoms with Crippen LogP contribution in [0.15, 0.2) is 47.3 Å². The number of benzene rings is 2. The molecule has 0 saturated heterocycles. The molecule has 7 nitrogen and oxygen atoms in total. The molecule has 8 heteroatoms. The smallest absolute Gasteiger partial charge is 0.408 e. The van der Waals surface area contributed by atoms with Gasteiger partial charge in [0.1, 0.15) is 5.82 Å². The summed E-state index contributed by atoms with van der Waals surface area (Å²) in [6, 6.07) is 11.1. The zero-order valence-corrected chi connectivity index (χ0v) is 17.4. The number of aromatic nitrogens is 2. The van der Waals surface area contributed by atoms with Gasteiger partial charge < -0.3 is 10.8 Å². The minimum absolute atomic E-state index is 0.263. The summed E-state index contributed by atoms with van der Waals surface area (Å²) in [6.07, 6.45) is -1.11. The zero-order valence-electron chi connectivity index (χ0n) is 16.7. The second-order valence-corrected chi connectivity index (χ2v) is 8.25. The first-order valence-corrected chi connectivity index (χ1v) is 9.49. The van der Waals surface area contributed by atoms with E-state index < -0.39 is 17.7 Å². The van der Waals surface area contributed by atoms with Gasteiger partial charge in [0.2, 0.25) is 0 Å². The Balaban J connectivity index is 2.41. The molecule has 0 aliphatic carbocycles. The molecule has 3 aromatic rings. The summed E-state index contributed by atoms with van der Waals surface area (Å²) < 4.78 is 1.40. The summed E-state index contributed by atoms with van der Waals surface area (Å²) in [7, 11) is 0. The van der Waals surface area contributed by atoms with Crippen molar-refractivity contribution in [3.8, 4) is 5.69 Å². The molecule has 3 rings (SSSR count). The Kier molecular flexibility index (Phi) is 5.28. The predicted octanol–water partition coefficient (Wildman–Crippen LogP) is 4.46. The third kappa shape index (κ3) is 3.78. The monoisotopic (exact) mass is 414 g/mol. The molecule has 0 radical (unpaired) electrons. The fourth-order valence-electron chi connectivity index (χ4n) is 3.53. The zero-order chi connectivity index (χ0) is 21.5. The molecule has 1 amide bonds. The lowest BCUT2D eigenvalue weighted by Gasteiger charge is -2.38. The van der Waals surface area contributed by atoms with Crippen LogP contribution in [0.3, 0.4) is 0 Å². The van der Waals surface area contributed by atoms with E-state index in [1.165, 1.54) is 9.47 Å². The number of para-hydroxylation sites is 1. The molecule has 0 unspecified atom stereocenters. The van der Waals surface area contributed by atoms with Crippen LogP contribution in [-0.4, -0.2) is 31.2 Å². The van der Waals surface area contributed by atoms with Gasteiger partial charge in [0.25, 0.3) is 5.56 Å². The summed E-state index contributed by atoms with van der Waals surface area (Å²) in [5.41, 5.74) is 6.17. The molecule has 0 fully saturated rings. The number of nitrogens with two attached hydrogens (primary N) is 1. The molecule has 152 valence electrons. The molecule has 0 saturated carbocycles. The molecule has 0 aliphatic rings. The first kappa shape index (κ1) is 20.7. The molecule has 0 spiro atoms. The van der Waals surface area contributed by atoms with E-state index in [9.17, 15) is 14.7 Å². The number of anilines is 1. The van der Waals surface area contributed by atoms with Crippen molar-refractivity contribution in [1.29, 1.82) is 0 Å². The summed E-state index contributed by atoms with van der Waals surface area (Å²) in [5, 5.41) is 10.5. The normalized spacial score (nSPS) is 12.7. The van der Waals surface area contributed by atoms with Crippen LogP contribution in [0.2, 0.25) is 5.02 Å². The second kappa shape index (κ2) is 7.40. The number of fused-ring (bicyclic) bond motifs is 1. The predicted molar refractivity (Wildman–Crippen MR) is 115 cm³/mol. The summed E-state index contributed by atoms with van der Waals surface area (Å²) in [5.74, 6) is 0.263. The van der Waals surface area contributed by atoms with E-state index in [1.807, 2.05) is 0 Å². The van der Waals surface area contributed by atoms with Crippen molar-refractivity contribution in [3.05, 3.63) is 63.7 Å². The Labute approximate surface area is 173 Å². The lowest BCUT2D eigenvalue weighted by molar-refractivity contribution is 0.0719. The molecule has 1 aromatic heterocycles. The van der Waals surface area contributed by atoms with Crippen molar-refractivity contribution in [1.82, 2.24) is 14.5 Å². The van der Waals surface area contributed by atoms with Crippen LogP contribution < -0.4 is 11.3 Å². The highest BCUT2D eigenvalue weighted by atomic mass is 35.5. The fourth-order valence-corrected chi connectivity index (χ4v) is 3.75. The quantitative estimate of drug-likeness (QED) is 0.616. The number of hydrogen-bond acceptors (Lipinski definition) is 4. The Hall–Kier alpha value is -3.06. The van der Waals surface area contributed by atoms with E-state index in [4.69, 9.17) is 17.3 Å². The van der Waals surface area contributed by atoms with Crippen LogP contribution in [0, 0.1) is 0 Å². The Morgan fingerprint density at radius 3 is 2.48 bits per heavy atom. The van der Waals surface area contributed by atoms with Gasteiger partial charge in [-0.2, -0.15) is 0 Å². The van der Waals surface area contributed by atoms with Crippen molar-refractivity contribution >= 4 is 34.3 Å². The molecule has 0 bridgehead atoms. The van der Waals surface area contributed by atoms with Crippen molar-refractivity contribution in [2.24, 2.45) is 0 Å². The first-order chi connectivity index (χ1) is 13.5. The van der Waals surface area contributed by atoms with Gasteiger partial charge in [-0.05, 0) is 58.0 Å². The van der Waals surface area contributed by atoms with Crippen LogP contribution in [-0.2, 0) is 0 Å². The second-order valence-electron chi connectivity index (χ2n) is 7.84. The SMILES string of the molecule is C[C@@H](c1nc2c(Cl)cccc2c(=O)n1-c1cccc(N)c1)N(C(=O)O)C(C)(C)C. The number of nitrogen functional groups attached to an aromatic ring is 1. The number of rotatable bonds is 3. The molecule has 29 heavy (non-hydrogen) atoms. The lowest BCUT2D eigenvalue weighted by Crippen LogP contribution is -2.47. The van der Waals surface area contributed by atoms with Gasteiger partial charge in [0.15, 0.2) is 0 Å². The van der Waals surface area contributed by atoms with Gasteiger partial charge in [0.05, 0.1) is 27.7 Å². The van der Waals surface area contributed by atoms with Crippen LogP contribution in [0.1, 0.15) is 39.6 Å². The van der Waals surface area contributed by atoms with Crippen molar-refractivity contribution < 1.29 is 9.90 Å². The number of carboxylic acid groups (broad SMARTS) is 1. The maximum atomic E-state index is 13.4. The third-order valence-corrected chi connectivity index (χ3v) is 5.00. The molecule has 2 aromatic carbocycles. The molecule has 3 N–H and O–H groups in total. The number of amides is 1. The van der Waals surface area contributed by atoms with Gasteiger partial charge in [-0.3, -0.25) is 14.3 Å². The maximum Gasteiger partial charge on any atom is 0.408 e. The highest BCUT2D eigenvalue weighted by Gasteiger charge is 2.34. The van der Waals surface area contributed by atoms with E-state index >= 15 is 0 Å². The van der Waals surface area contributed by atoms with Crippen LogP contribution in [0.5, 0.6) is 0 Å². The topological polar surface area (TPSA) is 101 Å². The third-order valence-electron chi connectivity index (χ3n) is 4.69. The average molecular weight is 415 g/mol. The summed E-state index contributed by atoms with van der Waals surface area (Å²) in [6.45, 7) is 7.06. The summed E-state index contributed by atoms with van der Waals surface area (Å²) >= 11 is 6.30. The fraction of sp³-hybridized carbons (Fsp3) is 0.286. The minimum Gasteiger partial charge on any atom is -0.465 e. The van der Waals surface area contributed by atoms with Gasteiger partial charge in [0, 0.05) is 11.2 Å². The van der Waals surface area contributed by atoms with E-state index in [1.54, 1.807) is 70.2 Å². The number of carbonyl (C=O) groups is 1. The van der Waals surface area contributed by atoms with Crippen molar-refractivity contribution in [3.63, 3.8) is 0 Å². The molecular formula is C21H23ClN4O3. The number of hydrogen-bond donors (Lipinski definition) is 2. The van der Waals surface area contributed by atoms with Gasteiger partial charge in [-0.15, -0.1) is 0 Å². The Morgan fingerprint density at radius 1 is 1.24 bits per heavy atom. The lowest BCUT2D eigenvalue weighted by atomic mass is 10.0. The van der Waals surface area contributed by atoms with Gasteiger partial charge >= 0.3 is 6.09 Å². The Morgan fingerprint density at radius 2 is 1.90 bits per heavy atom. The van der Waals surface area contributed by atoms with Crippen LogP contribution in [0.4, 0.5) is 10.5 Å². The van der Waals surface area contributed by atoms with Crippen molar-refractivity contribution in [2.75, 3.05) is 5.73 Å². The molecule has 0 aliphatic heterocycles. The first-order valence-electron chi connectivity index (χ1n) is 9.11. The minimum atomic E-state index is -1.11. The van der Waals surface area contributed by atoms with Crippen molar-refractivity contribution in [2.45, 2.75) is 39.3 Å². The van der Waals surface area contributed by atoms with Crippen LogP contribution >= 0.6 is 11.6 Å². The highest BCUT2D eigenvalue weighted by Crippen LogP contribution is 2.30. The van der Waals surface area contributed by atoms with E-state index in [0.717, 1.165) is 0 Å². The van der Waals surface area contributed by atoms with E-state index in [0.29, 0.717) is 27.3 Å². The average Bonchev–Trinajstić information content (AvgIpc) is 2.60. The standard InChI is InChI=1S/C21H23ClN4O3/c1-12(26(20(28)29)21(2,3)4)18-24-17-15(9-6-10-16(17)22)19(27)25(18)14-8-5-7-13(23)11-14/h5-12H,23H2,1-4H3,(H,28,29)/t12-/m0/s1. The largest absolute Gasteiger partial charge is 0.465 e. The number of halogens is 1. The highest BCUT2D eigenvalue weighted by molar-refractivity contribution is 6.35. The maximum absolute atomic E-state index is 13.4. The van der Waals surface area contributed by atoms with Crippen LogP contribution in [0.25, 0.3) is 16.6 Å². The Bertz CT molecular complexity index is 1150. The molecular weight excluding hydrogens is 392 g/mol. The summed E-state index contributed by atoms with van der Waals surface area (Å²) in [4.78, 5) is 31.4. The van der Waals surface area contributed by atoms with E-state index in [-0.39, 0.29) is 11.4 Å². The van der Waals surface area contributed by atoms with E-state index in [2.05, 4.69) is 4.98 Å². The van der Waals surface area contributed by atoms with Gasteiger partial charge in [-0.1, -0.05) is 23.7 Å².